The van der Waals surface area contributed by atoms with E-state index < -0.39 is 396 Å². The van der Waals surface area contributed by atoms with Crippen molar-refractivity contribution in [3.05, 3.63) is 0 Å². The molecule has 31 N–H and O–H groups in total. The molecule has 0 saturated carbocycles. The fourth-order valence-electron chi connectivity index (χ4n) is 15.8. The Morgan fingerprint density at radius 2 is 0.712 bits per heavy atom. The number of carbonyl (C=O) groups excluding carboxylic acids is 6. The number of aliphatic hydroxyl groups excluding tert-OH is 26. The van der Waals surface area contributed by atoms with E-state index in [-0.39, 0.29) is 6.41 Å². The molecule has 0 bridgehead atoms. The van der Waals surface area contributed by atoms with E-state index in [9.17, 15) is 167 Å². The van der Waals surface area contributed by atoms with Gasteiger partial charge in [0.25, 0.3) is 0 Å². The highest BCUT2D eigenvalue weighted by molar-refractivity contribution is 5.76. The maximum atomic E-state index is 13.2. The minimum absolute atomic E-state index is 0.236. The fourth-order valence-corrected chi connectivity index (χ4v) is 15.8. The number of rotatable bonds is 38. The molecule has 56 heteroatoms. The average molecular weight is 1830 g/mol. The normalized spacial score (nSPS) is 45.8. The van der Waals surface area contributed by atoms with Gasteiger partial charge in [-0.25, -0.2) is 0 Å². The number of aliphatic carboxylic acids is 1. The van der Waals surface area contributed by atoms with Crippen LogP contribution in [0.2, 0.25) is 0 Å². The van der Waals surface area contributed by atoms with Gasteiger partial charge in [-0.15, -0.1) is 0 Å². The van der Waals surface area contributed by atoms with E-state index >= 15 is 0 Å². The molecule has 9 heterocycles. The van der Waals surface area contributed by atoms with E-state index in [4.69, 9.17) is 85.3 Å². The van der Waals surface area contributed by atoms with E-state index in [1.165, 1.54) is 0 Å². The first-order valence-electron chi connectivity index (χ1n) is 39.5. The SMILES string of the molecule is CC(=O)N[C@H]1[C@H](O[C@H]2[C@@H](O)[C@@H](CO[C@@H]3O[C@H](CO)[C@@H](O[C@@H]4O[C@H](CO)[C@H](O)[C@H](O[C@]5(C(=O)[O-])C[C@H](O)[C@@H](NC(C)=O)[C@H]([C@H](O)[C@H](O)CO)O5)[C@H]4O)[C@H](O)[C@H]3NC(C)=O)O[C@@H](O[C@H]3[C@H](O)[C@@H](NC(C)=O)[C@H](O[C@H]4[C@@H](O)[C@@H](CO)O[C@@H](O[C@H]5[C@H](O)[C@@H](O)[C@H](OC[C@@H](CO)NC=O)O[C@@H]5CO)[C@@H]4O)O[C@@H]3CO)[C@@H]2O)O[C@H](CO)[C@@H](O[C@@H]2O[C@H](CO)[C@H](O)[C@H](O)[C@H]2O)[C@@H]1O. The maximum absolute atomic E-state index is 13.2. The summed E-state index contributed by atoms with van der Waals surface area (Å²) in [5.74, 6) is -9.73. The van der Waals surface area contributed by atoms with E-state index in [0.29, 0.717) is 0 Å². The summed E-state index contributed by atoms with van der Waals surface area (Å²) in [6, 6.07) is -8.88. The Bertz CT molecular complexity index is 3400. The Morgan fingerprint density at radius 3 is 1.11 bits per heavy atom. The summed E-state index contributed by atoms with van der Waals surface area (Å²) in [6.07, 6.45) is -89.3. The van der Waals surface area contributed by atoms with Gasteiger partial charge in [0.2, 0.25) is 35.8 Å². The van der Waals surface area contributed by atoms with Crippen LogP contribution in [0.15, 0.2) is 0 Å². The van der Waals surface area contributed by atoms with Gasteiger partial charge in [0.05, 0.1) is 90.9 Å². The lowest BCUT2D eigenvalue weighted by atomic mass is 9.88. The Labute approximate surface area is 707 Å². The van der Waals surface area contributed by atoms with Gasteiger partial charge in [0.15, 0.2) is 50.3 Å². The van der Waals surface area contributed by atoms with Crippen molar-refractivity contribution in [1.82, 2.24) is 26.6 Å². The van der Waals surface area contributed by atoms with Crippen LogP contribution in [0.25, 0.3) is 0 Å². The molecule has 0 spiro atoms. The monoisotopic (exact) mass is 1830 g/mol. The highest BCUT2D eigenvalue weighted by atomic mass is 16.8. The molecule has 722 valence electrons. The first-order valence-corrected chi connectivity index (χ1v) is 39.5. The first kappa shape index (κ1) is 104. The van der Waals surface area contributed by atoms with Crippen molar-refractivity contribution in [1.29, 1.82) is 0 Å². The van der Waals surface area contributed by atoms with Gasteiger partial charge >= 0.3 is 0 Å². The summed E-state index contributed by atoms with van der Waals surface area (Å²) in [5, 5.41) is 314. The van der Waals surface area contributed by atoms with Crippen molar-refractivity contribution in [2.45, 2.75) is 322 Å². The molecule has 0 radical (unpaired) electrons. The molecule has 9 rings (SSSR count). The van der Waals surface area contributed by atoms with Gasteiger partial charge in [-0.05, 0) is 0 Å². The second kappa shape index (κ2) is 45.9. The standard InChI is InChI=1S/C69H115N5O51/c1-18(85)71-33-23(89)5-69(68(106)107,124-56(33)37(91)24(90)7-76)125-59-40(94)27(10-79)112-67(51(59)105)120-52-28(11-80)113-60(34(42(52)96)72-19(2)86)109-16-32-41(95)58(123-62-35(73-20(3)87)43(97)53(29(12-81)114-62)118-64-47(101)45(99)38(92)25(8-77)110-64)50(104)66(117-32)119-54-30(13-82)115-61(36(44(54)98)74-21(4)88)122-57-39(93)26(9-78)111-65(49(57)103)121-55-31(14-83)116-63(48(102)46(55)100)108-15-22(6-75)70-17-84/h17,22-67,75-83,89-105H,5-16H2,1-4H3,(H,70,84)(H,71,85)(H,72,86)(H,73,87)(H,74,88)(H,106,107)/p-1/t22-,23+,24-,25-,26-,27-,28-,29-,30-,31-,32-,33-,34-,35-,36-,37-,38+,39+,40+,41+,42-,43-,44-,45+,46-,47-,48-,49-,50-,51-,52-,53-,54-,55-,56-,57+,58+,59+,60-,61+,62+,63-,64+,65+,66+,67+,69+/m1/s1. The molecule has 5 amide bonds. The van der Waals surface area contributed by atoms with Crippen LogP contribution in [-0.4, -0.2) is 529 Å². The predicted molar refractivity (Wildman–Crippen MR) is 382 cm³/mol. The molecule has 9 aliphatic rings. The average Bonchev–Trinajstić information content (AvgIpc) is 0.754. The van der Waals surface area contributed by atoms with Crippen LogP contribution < -0.4 is 31.7 Å². The number of carboxylic acids is 1. The molecular formula is C69H114N5O51-. The van der Waals surface area contributed by atoms with Gasteiger partial charge in [0, 0.05) is 34.1 Å². The first-order chi connectivity index (χ1) is 59.1. The Balaban J connectivity index is 1.00. The molecule has 9 aliphatic heterocycles. The zero-order valence-corrected chi connectivity index (χ0v) is 67.0. The van der Waals surface area contributed by atoms with Crippen LogP contribution in [-0.2, 0) is 114 Å². The van der Waals surface area contributed by atoms with Crippen LogP contribution in [0.1, 0.15) is 34.1 Å². The summed E-state index contributed by atoms with van der Waals surface area (Å²) in [5.41, 5.74) is 0. The second-order valence-electron chi connectivity index (χ2n) is 31.0. The highest BCUT2D eigenvalue weighted by Gasteiger charge is 2.63. The minimum atomic E-state index is -3.41. The minimum Gasteiger partial charge on any atom is -0.544 e. The van der Waals surface area contributed by atoms with Crippen LogP contribution in [0.4, 0.5) is 0 Å². The molecule has 9 fully saturated rings. The van der Waals surface area contributed by atoms with Crippen LogP contribution in [0.3, 0.4) is 0 Å². The number of nitrogens with one attached hydrogen (secondary N) is 5. The molecule has 47 atom stereocenters. The zero-order valence-electron chi connectivity index (χ0n) is 67.0. The third-order valence-electron chi connectivity index (χ3n) is 22.3. The van der Waals surface area contributed by atoms with Crippen LogP contribution in [0, 0.1) is 0 Å². The molecule has 0 unspecified atom stereocenters. The predicted octanol–water partition coefficient (Wildman–Crippen LogP) is -23.1. The number of hydrogen-bond donors (Lipinski definition) is 31. The van der Waals surface area contributed by atoms with Crippen molar-refractivity contribution in [2.75, 3.05) is 72.7 Å². The van der Waals surface area contributed by atoms with Crippen molar-refractivity contribution < 1.29 is 252 Å². The Hall–Kier alpha value is -4.94. The third kappa shape index (κ3) is 23.6. The van der Waals surface area contributed by atoms with Crippen molar-refractivity contribution in [2.24, 2.45) is 0 Å². The highest BCUT2D eigenvalue weighted by Crippen LogP contribution is 2.42. The van der Waals surface area contributed by atoms with Crippen LogP contribution in [0.5, 0.6) is 0 Å². The van der Waals surface area contributed by atoms with Gasteiger partial charge < -0.3 is 255 Å². The van der Waals surface area contributed by atoms with Gasteiger partial charge in [-0.3, -0.25) is 24.0 Å². The van der Waals surface area contributed by atoms with Crippen molar-refractivity contribution in [3.8, 4) is 0 Å². The van der Waals surface area contributed by atoms with Gasteiger partial charge in [-0.1, -0.05) is 0 Å². The molecule has 0 aromatic carbocycles. The van der Waals surface area contributed by atoms with E-state index in [1.54, 1.807) is 0 Å². The summed E-state index contributed by atoms with van der Waals surface area (Å²) in [6.45, 7) is -8.02. The largest absolute Gasteiger partial charge is 0.544 e. The van der Waals surface area contributed by atoms with Gasteiger partial charge in [-0.2, -0.15) is 0 Å². The Kier molecular flexibility index (Phi) is 38.1. The van der Waals surface area contributed by atoms with E-state index in [2.05, 4.69) is 26.6 Å². The maximum Gasteiger partial charge on any atom is 0.217 e. The molecule has 0 aliphatic carbocycles. The molecule has 9 saturated heterocycles. The molecule has 0 aromatic heterocycles. The fraction of sp³-hybridized carbons (Fsp3) is 0.913. The smallest absolute Gasteiger partial charge is 0.217 e. The number of carbonyl (C=O) groups is 6. The lowest BCUT2D eigenvalue weighted by Crippen LogP contribution is -2.72. The topological polar surface area (TPSA) is 878 Å². The molecule has 56 nitrogen and oxygen atoms in total. The molecule has 125 heavy (non-hydrogen) atoms. The number of hydrogen-bond acceptors (Lipinski definition) is 51. The van der Waals surface area contributed by atoms with Crippen molar-refractivity contribution in [3.63, 3.8) is 0 Å². The summed E-state index contributed by atoms with van der Waals surface area (Å²) in [4.78, 5) is 75.8. The van der Waals surface area contributed by atoms with Crippen LogP contribution >= 0.6 is 0 Å². The summed E-state index contributed by atoms with van der Waals surface area (Å²) in [7, 11) is 0. The lowest BCUT2D eigenvalue weighted by Gasteiger charge is -2.52. The number of carboxylic acid groups (broad SMARTS) is 1. The molecule has 0 aromatic rings. The van der Waals surface area contributed by atoms with E-state index in [0.717, 1.165) is 27.7 Å². The zero-order chi connectivity index (χ0) is 92.4. The van der Waals surface area contributed by atoms with Crippen molar-refractivity contribution >= 4 is 36.0 Å². The van der Waals surface area contributed by atoms with E-state index in [1.807, 2.05) is 0 Å². The third-order valence-corrected chi connectivity index (χ3v) is 22.3. The lowest BCUT2D eigenvalue weighted by molar-refractivity contribution is -0.411. The number of ether oxygens (including phenoxy) is 18. The molecular weight excluding hydrogens is 1710 g/mol. The summed E-state index contributed by atoms with van der Waals surface area (Å²) >= 11 is 0. The number of amides is 5. The summed E-state index contributed by atoms with van der Waals surface area (Å²) < 4.78 is 106. The number of aliphatic hydroxyl groups is 26. The quantitative estimate of drug-likeness (QED) is 0.0255. The Morgan fingerprint density at radius 1 is 0.376 bits per heavy atom. The second-order valence-corrected chi connectivity index (χ2v) is 31.0. The van der Waals surface area contributed by atoms with Gasteiger partial charge in [0.1, 0.15) is 219 Å².